The molecule has 0 unspecified atom stereocenters. The zero-order valence-corrected chi connectivity index (χ0v) is 17.1. The molecule has 1 saturated carbocycles. The average molecular weight is 403 g/mol. The topological polar surface area (TPSA) is 118 Å². The first-order chi connectivity index (χ1) is 13.9. The van der Waals surface area contributed by atoms with E-state index in [0.717, 1.165) is 31.6 Å². The van der Waals surface area contributed by atoms with Crippen molar-refractivity contribution in [3.05, 3.63) is 33.0 Å². The van der Waals surface area contributed by atoms with E-state index in [9.17, 15) is 9.59 Å². The Hall–Kier alpha value is -2.52. The number of nitrogens with two attached hydrogens (primary N) is 2. The third kappa shape index (κ3) is 3.18. The van der Waals surface area contributed by atoms with Gasteiger partial charge in [0.2, 0.25) is 0 Å². The molecule has 29 heavy (non-hydrogen) atoms. The van der Waals surface area contributed by atoms with E-state index >= 15 is 0 Å². The van der Waals surface area contributed by atoms with Crippen LogP contribution in [0, 0.1) is 11.8 Å². The minimum Gasteiger partial charge on any atom is -0.492 e. The minimum atomic E-state index is -0.512. The van der Waals surface area contributed by atoms with Gasteiger partial charge in [-0.15, -0.1) is 0 Å². The van der Waals surface area contributed by atoms with Crippen LogP contribution in [0.15, 0.2) is 21.7 Å². The Balaban J connectivity index is 1.85. The molecule has 1 aliphatic heterocycles. The smallest absolute Gasteiger partial charge is 0.350 e. The number of methoxy groups -OCH3 is 2. The molecule has 2 aliphatic rings. The molecule has 4 rings (SSSR count). The second kappa shape index (κ2) is 7.38. The largest absolute Gasteiger partial charge is 0.492 e. The van der Waals surface area contributed by atoms with Gasteiger partial charge in [-0.3, -0.25) is 9.36 Å². The summed E-state index contributed by atoms with van der Waals surface area (Å²) in [4.78, 5) is 27.6. The highest BCUT2D eigenvalue weighted by atomic mass is 16.5. The van der Waals surface area contributed by atoms with Crippen LogP contribution in [0.4, 0.5) is 5.69 Å². The Morgan fingerprint density at radius 3 is 2.55 bits per heavy atom. The first kappa shape index (κ1) is 19.8. The van der Waals surface area contributed by atoms with Crippen LogP contribution in [0.2, 0.25) is 0 Å². The van der Waals surface area contributed by atoms with Crippen LogP contribution in [-0.2, 0) is 4.74 Å². The summed E-state index contributed by atoms with van der Waals surface area (Å²) in [6, 6.07) is 3.61. The van der Waals surface area contributed by atoms with Gasteiger partial charge in [-0.2, -0.15) is 4.68 Å². The number of hydrogen-bond donors (Lipinski definition) is 2. The van der Waals surface area contributed by atoms with E-state index in [4.69, 9.17) is 21.1 Å². The number of rotatable bonds is 6. The van der Waals surface area contributed by atoms with Crippen molar-refractivity contribution in [1.29, 1.82) is 0 Å². The maximum atomic E-state index is 12.8. The summed E-state index contributed by atoms with van der Waals surface area (Å²) in [6.07, 6.45) is 1.77. The Labute approximate surface area is 168 Å². The molecule has 9 nitrogen and oxygen atoms in total. The molecule has 1 aromatic carbocycles. The van der Waals surface area contributed by atoms with Crippen LogP contribution in [-0.4, -0.2) is 49.2 Å². The Morgan fingerprint density at radius 2 is 1.93 bits per heavy atom. The second-order valence-corrected chi connectivity index (χ2v) is 8.24. The number of nitrogen functional groups attached to an aromatic ring is 1. The molecule has 0 amide bonds. The third-order valence-electron chi connectivity index (χ3n) is 6.25. The summed E-state index contributed by atoms with van der Waals surface area (Å²) in [6.45, 7) is 4.26. The first-order valence-electron chi connectivity index (χ1n) is 10.0. The van der Waals surface area contributed by atoms with Crippen LogP contribution in [0.1, 0.15) is 25.8 Å². The highest BCUT2D eigenvalue weighted by Crippen LogP contribution is 2.42. The maximum absolute atomic E-state index is 12.8. The molecule has 0 spiro atoms. The van der Waals surface area contributed by atoms with E-state index in [2.05, 4.69) is 11.8 Å². The number of hydrogen-bond acceptors (Lipinski definition) is 7. The number of anilines is 1. The molecular formula is C20H29N5O4. The summed E-state index contributed by atoms with van der Waals surface area (Å²) in [5.74, 6) is 6.95. The van der Waals surface area contributed by atoms with Crippen molar-refractivity contribution in [1.82, 2.24) is 9.24 Å². The van der Waals surface area contributed by atoms with Gasteiger partial charge in [0.15, 0.2) is 5.75 Å². The molecule has 1 saturated heterocycles. The van der Waals surface area contributed by atoms with E-state index in [-0.39, 0.29) is 18.0 Å². The molecule has 0 bridgehead atoms. The van der Waals surface area contributed by atoms with Gasteiger partial charge in [-0.1, -0.05) is 6.92 Å². The van der Waals surface area contributed by atoms with E-state index in [0.29, 0.717) is 33.9 Å². The molecule has 0 radical (unpaired) electrons. The highest BCUT2D eigenvalue weighted by Gasteiger charge is 2.36. The lowest BCUT2D eigenvalue weighted by Gasteiger charge is -2.25. The van der Waals surface area contributed by atoms with E-state index in [1.165, 1.54) is 0 Å². The molecule has 1 aliphatic carbocycles. The monoisotopic (exact) mass is 403 g/mol. The predicted molar refractivity (Wildman–Crippen MR) is 112 cm³/mol. The van der Waals surface area contributed by atoms with Crippen LogP contribution in [0.3, 0.4) is 0 Å². The maximum Gasteiger partial charge on any atom is 0.350 e. The van der Waals surface area contributed by atoms with Crippen LogP contribution in [0.5, 0.6) is 5.75 Å². The third-order valence-corrected chi connectivity index (χ3v) is 6.25. The van der Waals surface area contributed by atoms with Crippen molar-refractivity contribution < 1.29 is 9.47 Å². The quantitative estimate of drug-likeness (QED) is 0.665. The van der Waals surface area contributed by atoms with Crippen molar-refractivity contribution >= 4 is 16.6 Å². The van der Waals surface area contributed by atoms with E-state index in [1.807, 2.05) is 6.07 Å². The van der Waals surface area contributed by atoms with Crippen molar-refractivity contribution in [2.75, 3.05) is 44.7 Å². The van der Waals surface area contributed by atoms with Crippen LogP contribution < -0.4 is 32.5 Å². The Bertz CT molecular complexity index is 1040. The summed E-state index contributed by atoms with van der Waals surface area (Å²) in [7, 11) is 3.23. The minimum absolute atomic E-state index is 0.0462. The molecule has 158 valence electrons. The van der Waals surface area contributed by atoms with Crippen molar-refractivity contribution in [2.45, 2.75) is 31.8 Å². The summed E-state index contributed by atoms with van der Waals surface area (Å²) in [5, 5.41) is 0.388. The molecule has 9 heteroatoms. The second-order valence-electron chi connectivity index (χ2n) is 8.24. The van der Waals surface area contributed by atoms with Gasteiger partial charge in [0.1, 0.15) is 5.52 Å². The van der Waals surface area contributed by atoms with Gasteiger partial charge >= 0.3 is 5.69 Å². The van der Waals surface area contributed by atoms with Crippen molar-refractivity contribution in [2.24, 2.45) is 17.6 Å². The summed E-state index contributed by atoms with van der Waals surface area (Å²) >= 11 is 0. The van der Waals surface area contributed by atoms with E-state index < -0.39 is 11.2 Å². The fraction of sp³-hybridized carbons (Fsp3) is 0.600. The first-order valence-corrected chi connectivity index (χ1v) is 10.0. The SMILES string of the molecule is COC[C@@H](N)[C@H]1CN(c2ccc3c(=O)n(N)c(=O)n(C4CC4)c3c2OC)C[C@@H]1C. The molecular weight excluding hydrogens is 374 g/mol. The zero-order chi connectivity index (χ0) is 20.9. The molecule has 4 N–H and O–H groups in total. The standard InChI is InChI=1S/C20H29N5O4/c1-11-8-23(9-14(11)15(21)10-28-2)16-7-6-13-17(18(16)29-3)24(12-4-5-12)20(27)25(22)19(13)26/h6-7,11-12,14-15H,4-5,8-10,21-22H2,1-3H3/t11-,14-,15+/m0/s1. The molecule has 2 fully saturated rings. The number of benzene rings is 1. The predicted octanol–water partition coefficient (Wildman–Crippen LogP) is 0.267. The van der Waals surface area contributed by atoms with Gasteiger partial charge in [-0.25, -0.2) is 4.79 Å². The number of ether oxygens (including phenoxy) is 2. The molecule has 2 aromatic rings. The highest BCUT2D eigenvalue weighted by molar-refractivity contribution is 5.90. The van der Waals surface area contributed by atoms with Crippen molar-refractivity contribution in [3.8, 4) is 5.75 Å². The van der Waals surface area contributed by atoms with Gasteiger partial charge in [0, 0.05) is 32.3 Å². The van der Waals surface area contributed by atoms with Gasteiger partial charge < -0.3 is 25.9 Å². The molecule has 2 heterocycles. The normalized spacial score (nSPS) is 23.0. The Kier molecular flexibility index (Phi) is 5.04. The lowest BCUT2D eigenvalue weighted by molar-refractivity contribution is 0.152. The number of fused-ring (bicyclic) bond motifs is 1. The zero-order valence-electron chi connectivity index (χ0n) is 17.1. The molecule has 1 aromatic heterocycles. The van der Waals surface area contributed by atoms with Gasteiger partial charge in [-0.05, 0) is 36.8 Å². The van der Waals surface area contributed by atoms with E-state index in [1.54, 1.807) is 24.9 Å². The van der Waals surface area contributed by atoms with Crippen molar-refractivity contribution in [3.63, 3.8) is 0 Å². The Morgan fingerprint density at radius 1 is 1.21 bits per heavy atom. The van der Waals surface area contributed by atoms with Gasteiger partial charge in [0.05, 0.1) is 24.8 Å². The average Bonchev–Trinajstić information content (AvgIpc) is 3.46. The lowest BCUT2D eigenvalue weighted by atomic mass is 9.91. The van der Waals surface area contributed by atoms with Gasteiger partial charge in [0.25, 0.3) is 5.56 Å². The summed E-state index contributed by atoms with van der Waals surface area (Å²) in [5.41, 5.74) is 6.70. The van der Waals surface area contributed by atoms with Crippen LogP contribution in [0.25, 0.3) is 10.9 Å². The molecule has 3 atom stereocenters. The van der Waals surface area contributed by atoms with Crippen LogP contribution >= 0.6 is 0 Å². The fourth-order valence-corrected chi connectivity index (χ4v) is 4.58. The summed E-state index contributed by atoms with van der Waals surface area (Å²) < 4.78 is 13.3. The fourth-order valence-electron chi connectivity index (χ4n) is 4.58. The number of aromatic nitrogens is 2. The number of nitrogens with zero attached hydrogens (tertiary/aromatic N) is 3. The lowest BCUT2D eigenvalue weighted by Crippen LogP contribution is -2.44.